The summed E-state index contributed by atoms with van der Waals surface area (Å²) < 4.78 is 5.38. The van der Waals surface area contributed by atoms with E-state index >= 15 is 0 Å². The molecule has 1 aliphatic heterocycles. The molecule has 1 unspecified atom stereocenters. The van der Waals surface area contributed by atoms with Crippen molar-refractivity contribution in [3.8, 4) is 0 Å². The van der Waals surface area contributed by atoms with Gasteiger partial charge in [-0.2, -0.15) is 0 Å². The second-order valence-electron chi connectivity index (χ2n) is 6.93. The Bertz CT molecular complexity index is 443. The number of rotatable bonds is 6. The summed E-state index contributed by atoms with van der Waals surface area (Å²) in [6.07, 6.45) is 3.70. The second kappa shape index (κ2) is 7.13. The molecule has 2 atom stereocenters. The molecular weight excluding hydrogens is 282 g/mol. The average molecular weight is 310 g/mol. The molecule has 2 rings (SSSR count). The summed E-state index contributed by atoms with van der Waals surface area (Å²) in [5.74, 6) is 0. The molecular formula is C18H28ClNO. The first-order valence-electron chi connectivity index (χ1n) is 7.95. The minimum Gasteiger partial charge on any atom is -0.383 e. The van der Waals surface area contributed by atoms with Gasteiger partial charge in [-0.1, -0.05) is 37.6 Å². The highest BCUT2D eigenvalue weighted by Gasteiger charge is 2.32. The monoisotopic (exact) mass is 309 g/mol. The van der Waals surface area contributed by atoms with Crippen LogP contribution in [0.4, 0.5) is 0 Å². The molecule has 2 nitrogen and oxygen atoms in total. The predicted octanol–water partition coefficient (Wildman–Crippen LogP) is 4.51. The van der Waals surface area contributed by atoms with Crippen molar-refractivity contribution in [3.05, 3.63) is 34.9 Å². The van der Waals surface area contributed by atoms with Gasteiger partial charge in [0.15, 0.2) is 0 Å². The van der Waals surface area contributed by atoms with E-state index in [1.165, 1.54) is 24.9 Å². The lowest BCUT2D eigenvalue weighted by molar-refractivity contribution is 0.0844. The molecule has 1 aromatic carbocycles. The van der Waals surface area contributed by atoms with E-state index in [1.54, 1.807) is 7.11 Å². The normalized spacial score (nSPS) is 21.7. The Kier molecular flexibility index (Phi) is 5.70. The van der Waals surface area contributed by atoms with Crippen LogP contribution in [0.3, 0.4) is 0 Å². The molecule has 1 saturated heterocycles. The topological polar surface area (TPSA) is 12.5 Å². The lowest BCUT2D eigenvalue weighted by Crippen LogP contribution is -2.42. The van der Waals surface area contributed by atoms with Crippen LogP contribution in [0.25, 0.3) is 0 Å². The Labute approximate surface area is 134 Å². The van der Waals surface area contributed by atoms with E-state index in [0.29, 0.717) is 12.1 Å². The average Bonchev–Trinajstić information content (AvgIpc) is 2.87. The Morgan fingerprint density at radius 3 is 2.62 bits per heavy atom. The van der Waals surface area contributed by atoms with Gasteiger partial charge >= 0.3 is 0 Å². The van der Waals surface area contributed by atoms with Crippen LogP contribution in [0.1, 0.15) is 45.6 Å². The maximum atomic E-state index is 6.00. The third kappa shape index (κ3) is 4.21. The van der Waals surface area contributed by atoms with Crippen LogP contribution < -0.4 is 0 Å². The van der Waals surface area contributed by atoms with Gasteiger partial charge in [0.25, 0.3) is 0 Å². The van der Waals surface area contributed by atoms with Crippen LogP contribution in [0.15, 0.2) is 24.3 Å². The van der Waals surface area contributed by atoms with E-state index in [-0.39, 0.29) is 5.41 Å². The van der Waals surface area contributed by atoms with Crippen LogP contribution in [0.5, 0.6) is 0 Å². The fraction of sp³-hybridized carbons (Fsp3) is 0.667. The van der Waals surface area contributed by atoms with Crippen LogP contribution in [-0.4, -0.2) is 37.2 Å². The number of benzene rings is 1. The Hall–Kier alpha value is -0.570. The molecule has 0 radical (unpaired) electrons. The standard InChI is InChI=1S/C18H28ClNO/c1-14(20-11-5-6-17(20)13-21-4)12-18(2,3)15-7-9-16(19)10-8-15/h7-10,14,17H,5-6,11-13H2,1-4H3/t14?,17-/m0/s1. The van der Waals surface area contributed by atoms with Crippen molar-refractivity contribution in [2.24, 2.45) is 0 Å². The summed E-state index contributed by atoms with van der Waals surface area (Å²) in [5, 5.41) is 0.808. The van der Waals surface area contributed by atoms with Crippen molar-refractivity contribution < 1.29 is 4.74 Å². The highest BCUT2D eigenvalue weighted by atomic mass is 35.5. The zero-order valence-corrected chi connectivity index (χ0v) is 14.5. The minimum absolute atomic E-state index is 0.157. The Morgan fingerprint density at radius 2 is 2.00 bits per heavy atom. The SMILES string of the molecule is COC[C@@H]1CCCN1C(C)CC(C)(C)c1ccc(Cl)cc1. The molecule has 3 heteroatoms. The molecule has 0 amide bonds. The van der Waals surface area contributed by atoms with E-state index < -0.39 is 0 Å². The molecule has 0 aliphatic carbocycles. The van der Waals surface area contributed by atoms with Crippen LogP contribution in [0.2, 0.25) is 5.02 Å². The van der Waals surface area contributed by atoms with E-state index in [0.717, 1.165) is 18.1 Å². The summed E-state index contributed by atoms with van der Waals surface area (Å²) in [4.78, 5) is 2.63. The van der Waals surface area contributed by atoms with Crippen LogP contribution in [0, 0.1) is 0 Å². The molecule has 118 valence electrons. The van der Waals surface area contributed by atoms with Crippen molar-refractivity contribution in [2.75, 3.05) is 20.3 Å². The molecule has 1 aromatic rings. The fourth-order valence-corrected chi connectivity index (χ4v) is 3.81. The van der Waals surface area contributed by atoms with Crippen molar-refractivity contribution in [1.29, 1.82) is 0 Å². The molecule has 0 saturated carbocycles. The van der Waals surface area contributed by atoms with Gasteiger partial charge < -0.3 is 4.74 Å². The molecule has 1 fully saturated rings. The Morgan fingerprint density at radius 1 is 1.33 bits per heavy atom. The van der Waals surface area contributed by atoms with E-state index in [9.17, 15) is 0 Å². The number of halogens is 1. The van der Waals surface area contributed by atoms with Crippen molar-refractivity contribution >= 4 is 11.6 Å². The first-order valence-corrected chi connectivity index (χ1v) is 8.32. The first kappa shape index (κ1) is 16.8. The van der Waals surface area contributed by atoms with E-state index in [2.05, 4.69) is 37.8 Å². The number of hydrogen-bond acceptors (Lipinski definition) is 2. The Balaban J connectivity index is 2.03. The zero-order valence-electron chi connectivity index (χ0n) is 13.7. The van der Waals surface area contributed by atoms with Crippen molar-refractivity contribution in [1.82, 2.24) is 4.90 Å². The summed E-state index contributed by atoms with van der Waals surface area (Å²) in [7, 11) is 1.80. The third-order valence-corrected chi connectivity index (χ3v) is 5.03. The minimum atomic E-state index is 0.157. The van der Waals surface area contributed by atoms with Crippen LogP contribution >= 0.6 is 11.6 Å². The fourth-order valence-electron chi connectivity index (χ4n) is 3.68. The van der Waals surface area contributed by atoms with Gasteiger partial charge in [-0.3, -0.25) is 4.90 Å². The van der Waals surface area contributed by atoms with Gasteiger partial charge in [-0.05, 0) is 55.8 Å². The summed E-state index contributed by atoms with van der Waals surface area (Å²) >= 11 is 6.00. The highest BCUT2D eigenvalue weighted by Crippen LogP contribution is 2.32. The number of likely N-dealkylation sites (tertiary alicyclic amines) is 1. The van der Waals surface area contributed by atoms with Gasteiger partial charge in [0, 0.05) is 24.2 Å². The molecule has 0 aromatic heterocycles. The number of ether oxygens (including phenoxy) is 1. The van der Waals surface area contributed by atoms with Gasteiger partial charge in [-0.15, -0.1) is 0 Å². The zero-order chi connectivity index (χ0) is 15.5. The summed E-state index contributed by atoms with van der Waals surface area (Å²) in [5.41, 5.74) is 1.52. The molecule has 0 bridgehead atoms. The van der Waals surface area contributed by atoms with Gasteiger partial charge in [-0.25, -0.2) is 0 Å². The maximum Gasteiger partial charge on any atom is 0.0618 e. The summed E-state index contributed by atoms with van der Waals surface area (Å²) in [6.45, 7) is 9.06. The van der Waals surface area contributed by atoms with Crippen molar-refractivity contribution in [2.45, 2.75) is 57.5 Å². The number of nitrogens with zero attached hydrogens (tertiary/aromatic N) is 1. The number of methoxy groups -OCH3 is 1. The van der Waals surface area contributed by atoms with Gasteiger partial charge in [0.05, 0.1) is 6.61 Å². The lowest BCUT2D eigenvalue weighted by atomic mass is 9.79. The van der Waals surface area contributed by atoms with Gasteiger partial charge in [0.1, 0.15) is 0 Å². The van der Waals surface area contributed by atoms with Gasteiger partial charge in [0.2, 0.25) is 0 Å². The molecule has 1 aliphatic rings. The molecule has 21 heavy (non-hydrogen) atoms. The highest BCUT2D eigenvalue weighted by molar-refractivity contribution is 6.30. The predicted molar refractivity (Wildman–Crippen MR) is 90.2 cm³/mol. The first-order chi connectivity index (χ1) is 9.94. The van der Waals surface area contributed by atoms with Crippen LogP contribution in [-0.2, 0) is 10.2 Å². The maximum absolute atomic E-state index is 6.00. The quantitative estimate of drug-likeness (QED) is 0.766. The second-order valence-corrected chi connectivity index (χ2v) is 7.37. The summed E-state index contributed by atoms with van der Waals surface area (Å²) in [6, 6.07) is 9.46. The molecule has 0 N–H and O–H groups in total. The number of hydrogen-bond donors (Lipinski definition) is 0. The van der Waals surface area contributed by atoms with Crippen molar-refractivity contribution in [3.63, 3.8) is 0 Å². The van der Waals surface area contributed by atoms with E-state index in [4.69, 9.17) is 16.3 Å². The largest absolute Gasteiger partial charge is 0.383 e. The smallest absolute Gasteiger partial charge is 0.0618 e. The van der Waals surface area contributed by atoms with E-state index in [1.807, 2.05) is 12.1 Å². The molecule has 1 heterocycles. The third-order valence-electron chi connectivity index (χ3n) is 4.78. The lowest BCUT2D eigenvalue weighted by Gasteiger charge is -2.36. The molecule has 0 spiro atoms.